The summed E-state index contributed by atoms with van der Waals surface area (Å²) in [4.78, 5) is 39.8. The molecular weight excluding hydrogens is 344 g/mol. The van der Waals surface area contributed by atoms with Crippen molar-refractivity contribution in [3.05, 3.63) is 59.2 Å². The summed E-state index contributed by atoms with van der Waals surface area (Å²) in [5, 5.41) is 0. The summed E-state index contributed by atoms with van der Waals surface area (Å²) in [6.45, 7) is 7.05. The number of anilines is 1. The van der Waals surface area contributed by atoms with Crippen LogP contribution >= 0.6 is 0 Å². The Hall–Kier alpha value is -3.15. The molecule has 0 bridgehead atoms. The van der Waals surface area contributed by atoms with Gasteiger partial charge in [0.1, 0.15) is 18.3 Å². The first-order valence-corrected chi connectivity index (χ1v) is 8.77. The van der Waals surface area contributed by atoms with Crippen LogP contribution in [-0.2, 0) is 9.59 Å². The molecule has 0 aromatic heterocycles. The Labute approximate surface area is 158 Å². The number of hydrogen-bond acceptors (Lipinski definition) is 4. The van der Waals surface area contributed by atoms with Crippen molar-refractivity contribution in [3.63, 3.8) is 0 Å². The summed E-state index contributed by atoms with van der Waals surface area (Å²) in [5.74, 6) is -0.679. The van der Waals surface area contributed by atoms with E-state index in [0.29, 0.717) is 11.4 Å². The second kappa shape index (κ2) is 7.23. The van der Waals surface area contributed by atoms with E-state index in [1.54, 1.807) is 31.2 Å². The molecule has 6 nitrogen and oxygen atoms in total. The fourth-order valence-electron chi connectivity index (χ4n) is 2.98. The third-order valence-corrected chi connectivity index (χ3v) is 4.76. The van der Waals surface area contributed by atoms with E-state index in [1.165, 1.54) is 4.90 Å². The standard InChI is InChI=1S/C21H22N2O4/c1-13-5-8-17(9-6-13)23-16(4)20(25)22(21(23)26)12-19(24)27-18-10-7-14(2)15(3)11-18/h5-11,16H,12H2,1-4H3/t16-/m0/s1. The lowest BCUT2D eigenvalue weighted by atomic mass is 10.1. The van der Waals surface area contributed by atoms with E-state index in [4.69, 9.17) is 4.74 Å². The molecule has 0 unspecified atom stereocenters. The molecule has 1 heterocycles. The van der Waals surface area contributed by atoms with Crippen molar-refractivity contribution in [2.45, 2.75) is 33.7 Å². The first-order valence-electron chi connectivity index (χ1n) is 8.77. The Balaban J connectivity index is 1.73. The minimum Gasteiger partial charge on any atom is -0.425 e. The van der Waals surface area contributed by atoms with E-state index in [-0.39, 0.29) is 0 Å². The van der Waals surface area contributed by atoms with E-state index < -0.39 is 30.5 Å². The van der Waals surface area contributed by atoms with Crippen LogP contribution in [0.2, 0.25) is 0 Å². The molecule has 0 spiro atoms. The third kappa shape index (κ3) is 3.69. The highest BCUT2D eigenvalue weighted by molar-refractivity contribution is 6.15. The highest BCUT2D eigenvalue weighted by atomic mass is 16.5. The lowest BCUT2D eigenvalue weighted by molar-refractivity contribution is -0.139. The summed E-state index contributed by atoms with van der Waals surface area (Å²) in [6.07, 6.45) is 0. The third-order valence-electron chi connectivity index (χ3n) is 4.76. The molecule has 3 amide bonds. The van der Waals surface area contributed by atoms with Gasteiger partial charge in [-0.1, -0.05) is 23.8 Å². The van der Waals surface area contributed by atoms with Crippen LogP contribution in [0.25, 0.3) is 0 Å². The molecule has 1 aliphatic rings. The van der Waals surface area contributed by atoms with Gasteiger partial charge in [-0.05, 0) is 63.1 Å². The summed E-state index contributed by atoms with van der Waals surface area (Å²) >= 11 is 0. The molecule has 1 atom stereocenters. The first kappa shape index (κ1) is 18.6. The molecule has 3 rings (SSSR count). The van der Waals surface area contributed by atoms with Gasteiger partial charge in [-0.25, -0.2) is 9.59 Å². The molecule has 0 N–H and O–H groups in total. The van der Waals surface area contributed by atoms with Crippen molar-refractivity contribution in [3.8, 4) is 5.75 Å². The van der Waals surface area contributed by atoms with Gasteiger partial charge in [-0.3, -0.25) is 14.6 Å². The van der Waals surface area contributed by atoms with Crippen LogP contribution < -0.4 is 9.64 Å². The van der Waals surface area contributed by atoms with Crippen molar-refractivity contribution in [2.75, 3.05) is 11.4 Å². The molecule has 2 aromatic rings. The number of rotatable bonds is 4. The normalized spacial score (nSPS) is 16.8. The largest absolute Gasteiger partial charge is 0.425 e. The van der Waals surface area contributed by atoms with Gasteiger partial charge in [0.2, 0.25) is 0 Å². The summed E-state index contributed by atoms with van der Waals surface area (Å²) < 4.78 is 5.30. The number of ether oxygens (including phenoxy) is 1. The van der Waals surface area contributed by atoms with Crippen LogP contribution in [0.3, 0.4) is 0 Å². The molecule has 0 aliphatic carbocycles. The van der Waals surface area contributed by atoms with Gasteiger partial charge in [0.05, 0.1) is 0 Å². The number of benzene rings is 2. The lowest BCUT2D eigenvalue weighted by Gasteiger charge is -2.19. The van der Waals surface area contributed by atoms with Crippen LogP contribution in [0.4, 0.5) is 10.5 Å². The van der Waals surface area contributed by atoms with Crippen molar-refractivity contribution >= 4 is 23.6 Å². The zero-order chi connectivity index (χ0) is 19.7. The second-order valence-corrected chi connectivity index (χ2v) is 6.81. The average molecular weight is 366 g/mol. The van der Waals surface area contributed by atoms with Crippen LogP contribution in [-0.4, -0.2) is 35.4 Å². The number of urea groups is 1. The van der Waals surface area contributed by atoms with Crippen LogP contribution in [0.15, 0.2) is 42.5 Å². The predicted octanol–water partition coefficient (Wildman–Crippen LogP) is 3.37. The van der Waals surface area contributed by atoms with Crippen molar-refractivity contribution in [1.29, 1.82) is 0 Å². The topological polar surface area (TPSA) is 66.9 Å². The van der Waals surface area contributed by atoms with Crippen LogP contribution in [0, 0.1) is 20.8 Å². The molecule has 140 valence electrons. The minimum absolute atomic E-state index is 0.394. The molecule has 1 saturated heterocycles. The maximum absolute atomic E-state index is 12.7. The summed E-state index contributed by atoms with van der Waals surface area (Å²) in [6, 6.07) is 11.4. The molecule has 27 heavy (non-hydrogen) atoms. The zero-order valence-electron chi connectivity index (χ0n) is 15.9. The van der Waals surface area contributed by atoms with E-state index in [0.717, 1.165) is 21.6 Å². The number of carbonyl (C=O) groups excluding carboxylic acids is 3. The lowest BCUT2D eigenvalue weighted by Crippen LogP contribution is -2.38. The minimum atomic E-state index is -0.672. The molecule has 0 radical (unpaired) electrons. The number of hydrogen-bond donors (Lipinski definition) is 0. The monoisotopic (exact) mass is 366 g/mol. The number of esters is 1. The van der Waals surface area contributed by atoms with Crippen molar-refractivity contribution in [1.82, 2.24) is 4.90 Å². The van der Waals surface area contributed by atoms with E-state index in [2.05, 4.69) is 0 Å². The Kier molecular flexibility index (Phi) is 4.99. The van der Waals surface area contributed by atoms with Gasteiger partial charge < -0.3 is 4.74 Å². The first-order chi connectivity index (χ1) is 12.8. The SMILES string of the molecule is Cc1ccc(N2C(=O)N(CC(=O)Oc3ccc(C)c(C)c3)C(=O)[C@@H]2C)cc1. The Morgan fingerprint density at radius 2 is 1.67 bits per heavy atom. The van der Waals surface area contributed by atoms with Gasteiger partial charge in [-0.15, -0.1) is 0 Å². The fraction of sp³-hybridized carbons (Fsp3) is 0.286. The van der Waals surface area contributed by atoms with Crippen molar-refractivity contribution in [2.24, 2.45) is 0 Å². The number of amides is 3. The molecule has 0 saturated carbocycles. The Bertz CT molecular complexity index is 905. The highest BCUT2D eigenvalue weighted by Gasteiger charge is 2.44. The van der Waals surface area contributed by atoms with Gasteiger partial charge in [0.25, 0.3) is 5.91 Å². The van der Waals surface area contributed by atoms with Gasteiger partial charge in [0.15, 0.2) is 0 Å². The smallest absolute Gasteiger partial charge is 0.332 e. The fourth-order valence-corrected chi connectivity index (χ4v) is 2.98. The van der Waals surface area contributed by atoms with Crippen LogP contribution in [0.1, 0.15) is 23.6 Å². The zero-order valence-corrected chi connectivity index (χ0v) is 15.9. The maximum atomic E-state index is 12.7. The van der Waals surface area contributed by atoms with E-state index in [1.807, 2.05) is 39.0 Å². The Morgan fingerprint density at radius 1 is 1.00 bits per heavy atom. The number of aryl methyl sites for hydroxylation is 3. The molecule has 1 fully saturated rings. The Morgan fingerprint density at radius 3 is 2.30 bits per heavy atom. The number of imide groups is 1. The average Bonchev–Trinajstić information content (AvgIpc) is 2.83. The molecule has 2 aromatic carbocycles. The van der Waals surface area contributed by atoms with E-state index >= 15 is 0 Å². The molecule has 1 aliphatic heterocycles. The van der Waals surface area contributed by atoms with E-state index in [9.17, 15) is 14.4 Å². The van der Waals surface area contributed by atoms with Crippen molar-refractivity contribution < 1.29 is 19.1 Å². The molecular formula is C21H22N2O4. The highest BCUT2D eigenvalue weighted by Crippen LogP contribution is 2.26. The second-order valence-electron chi connectivity index (χ2n) is 6.81. The number of carbonyl (C=O) groups is 3. The summed E-state index contributed by atoms with van der Waals surface area (Å²) in [7, 11) is 0. The van der Waals surface area contributed by atoms with Gasteiger partial charge in [0, 0.05) is 5.69 Å². The van der Waals surface area contributed by atoms with Gasteiger partial charge >= 0.3 is 12.0 Å². The quantitative estimate of drug-likeness (QED) is 0.473. The predicted molar refractivity (Wildman–Crippen MR) is 102 cm³/mol. The molecule has 6 heteroatoms. The maximum Gasteiger partial charge on any atom is 0.332 e. The number of nitrogens with zero attached hydrogens (tertiary/aromatic N) is 2. The van der Waals surface area contributed by atoms with Gasteiger partial charge in [-0.2, -0.15) is 0 Å². The van der Waals surface area contributed by atoms with Crippen LogP contribution in [0.5, 0.6) is 5.75 Å². The summed E-state index contributed by atoms with van der Waals surface area (Å²) in [5.41, 5.74) is 3.75.